The molecule has 0 aliphatic heterocycles. The van der Waals surface area contributed by atoms with E-state index in [1.165, 1.54) is 31.2 Å². The number of hydrogen-bond donors (Lipinski definition) is 2. The smallest absolute Gasteiger partial charge is 0.0350 e. The Morgan fingerprint density at radius 1 is 1.06 bits per heavy atom. The average Bonchev–Trinajstić information content (AvgIpc) is 2.32. The van der Waals surface area contributed by atoms with Crippen LogP contribution in [0.1, 0.15) is 37.2 Å². The minimum Gasteiger partial charge on any atom is -0.399 e. The van der Waals surface area contributed by atoms with E-state index in [0.29, 0.717) is 5.92 Å². The van der Waals surface area contributed by atoms with E-state index in [9.17, 15) is 0 Å². The van der Waals surface area contributed by atoms with E-state index >= 15 is 0 Å². The molecule has 0 saturated heterocycles. The van der Waals surface area contributed by atoms with Crippen LogP contribution in [0.2, 0.25) is 0 Å². The van der Waals surface area contributed by atoms with Crippen molar-refractivity contribution in [2.24, 2.45) is 0 Å². The van der Waals surface area contributed by atoms with Gasteiger partial charge in [0, 0.05) is 17.4 Å². The predicted molar refractivity (Wildman–Crippen MR) is 74.0 cm³/mol. The number of benzene rings is 1. The van der Waals surface area contributed by atoms with E-state index in [1.807, 2.05) is 12.1 Å². The van der Waals surface area contributed by atoms with E-state index in [1.54, 1.807) is 0 Å². The summed E-state index contributed by atoms with van der Waals surface area (Å²) in [5.74, 6) is 0.592. The normalized spacial score (nSPS) is 25.1. The van der Waals surface area contributed by atoms with E-state index < -0.39 is 0 Å². The zero-order chi connectivity index (χ0) is 12.4. The SMILES string of the molecule is CN(C)C1CCC(c2cc(N)ccc2N)CC1. The Balaban J connectivity index is 2.07. The summed E-state index contributed by atoms with van der Waals surface area (Å²) in [6, 6.07) is 6.59. The first-order chi connectivity index (χ1) is 8.08. The van der Waals surface area contributed by atoms with Crippen molar-refractivity contribution in [3.63, 3.8) is 0 Å². The van der Waals surface area contributed by atoms with Crippen molar-refractivity contribution in [2.45, 2.75) is 37.6 Å². The zero-order valence-electron chi connectivity index (χ0n) is 10.8. The van der Waals surface area contributed by atoms with Crippen LogP contribution >= 0.6 is 0 Å². The lowest BCUT2D eigenvalue weighted by atomic mass is 9.80. The highest BCUT2D eigenvalue weighted by atomic mass is 15.1. The Morgan fingerprint density at radius 3 is 2.29 bits per heavy atom. The van der Waals surface area contributed by atoms with Crippen LogP contribution in [0.4, 0.5) is 11.4 Å². The van der Waals surface area contributed by atoms with E-state index in [-0.39, 0.29) is 0 Å². The molecule has 3 heteroatoms. The molecule has 0 radical (unpaired) electrons. The molecule has 1 aromatic rings. The molecule has 0 spiro atoms. The fourth-order valence-corrected chi connectivity index (χ4v) is 2.85. The number of hydrogen-bond acceptors (Lipinski definition) is 3. The third-order valence-electron chi connectivity index (χ3n) is 3.98. The summed E-state index contributed by atoms with van der Waals surface area (Å²) in [4.78, 5) is 2.33. The Labute approximate surface area is 104 Å². The summed E-state index contributed by atoms with van der Waals surface area (Å²) in [7, 11) is 4.33. The van der Waals surface area contributed by atoms with Crippen molar-refractivity contribution in [1.29, 1.82) is 0 Å². The summed E-state index contributed by atoms with van der Waals surface area (Å²) < 4.78 is 0. The molecule has 0 aromatic heterocycles. The summed E-state index contributed by atoms with van der Waals surface area (Å²) in [6.45, 7) is 0. The van der Waals surface area contributed by atoms with E-state index in [4.69, 9.17) is 11.5 Å². The molecule has 0 unspecified atom stereocenters. The second-order valence-corrected chi connectivity index (χ2v) is 5.36. The first-order valence-corrected chi connectivity index (χ1v) is 6.39. The van der Waals surface area contributed by atoms with Crippen LogP contribution in [0, 0.1) is 0 Å². The predicted octanol–water partition coefficient (Wildman–Crippen LogP) is 2.44. The lowest BCUT2D eigenvalue weighted by Gasteiger charge is -2.33. The number of nitrogens with zero attached hydrogens (tertiary/aromatic N) is 1. The summed E-state index contributed by atoms with van der Waals surface area (Å²) in [5, 5.41) is 0. The van der Waals surface area contributed by atoms with E-state index in [2.05, 4.69) is 25.1 Å². The molecule has 0 heterocycles. The van der Waals surface area contributed by atoms with Crippen molar-refractivity contribution in [3.05, 3.63) is 23.8 Å². The zero-order valence-corrected chi connectivity index (χ0v) is 10.8. The highest BCUT2D eigenvalue weighted by molar-refractivity contribution is 5.56. The lowest BCUT2D eigenvalue weighted by molar-refractivity contribution is 0.216. The summed E-state index contributed by atoms with van der Waals surface area (Å²) in [5.41, 5.74) is 14.9. The van der Waals surface area contributed by atoms with Crippen LogP contribution in [0.5, 0.6) is 0 Å². The molecule has 3 nitrogen and oxygen atoms in total. The third-order valence-corrected chi connectivity index (χ3v) is 3.98. The molecule has 4 N–H and O–H groups in total. The van der Waals surface area contributed by atoms with Gasteiger partial charge < -0.3 is 16.4 Å². The van der Waals surface area contributed by atoms with Crippen LogP contribution < -0.4 is 11.5 Å². The molecule has 1 aromatic carbocycles. The van der Waals surface area contributed by atoms with Crippen molar-refractivity contribution >= 4 is 11.4 Å². The monoisotopic (exact) mass is 233 g/mol. The van der Waals surface area contributed by atoms with Crippen molar-refractivity contribution in [2.75, 3.05) is 25.6 Å². The van der Waals surface area contributed by atoms with Gasteiger partial charge in [-0.3, -0.25) is 0 Å². The second-order valence-electron chi connectivity index (χ2n) is 5.36. The standard InChI is InChI=1S/C14H23N3/c1-17(2)12-6-3-10(4-7-12)13-9-11(15)5-8-14(13)16/h5,8-10,12H,3-4,6-7,15-16H2,1-2H3. The van der Waals surface area contributed by atoms with Gasteiger partial charge in [-0.15, -0.1) is 0 Å². The number of nitrogens with two attached hydrogens (primary N) is 2. The number of anilines is 2. The van der Waals surface area contributed by atoms with Gasteiger partial charge in [0.1, 0.15) is 0 Å². The van der Waals surface area contributed by atoms with Gasteiger partial charge in [-0.1, -0.05) is 0 Å². The van der Waals surface area contributed by atoms with Gasteiger partial charge >= 0.3 is 0 Å². The van der Waals surface area contributed by atoms with Gasteiger partial charge in [0.15, 0.2) is 0 Å². The maximum absolute atomic E-state index is 6.05. The van der Waals surface area contributed by atoms with Gasteiger partial charge in [0.2, 0.25) is 0 Å². The Bertz CT molecular complexity index is 379. The largest absolute Gasteiger partial charge is 0.399 e. The molecule has 17 heavy (non-hydrogen) atoms. The summed E-state index contributed by atoms with van der Waals surface area (Å²) >= 11 is 0. The number of nitrogen functional groups attached to an aromatic ring is 2. The lowest BCUT2D eigenvalue weighted by Crippen LogP contribution is -2.31. The second kappa shape index (κ2) is 4.96. The first-order valence-electron chi connectivity index (χ1n) is 6.39. The molecule has 0 bridgehead atoms. The first kappa shape index (κ1) is 12.2. The molecule has 1 saturated carbocycles. The van der Waals surface area contributed by atoms with Gasteiger partial charge in [-0.2, -0.15) is 0 Å². The molecular weight excluding hydrogens is 210 g/mol. The Morgan fingerprint density at radius 2 is 1.71 bits per heavy atom. The van der Waals surface area contributed by atoms with Crippen LogP contribution in [-0.4, -0.2) is 25.0 Å². The maximum atomic E-state index is 6.05. The van der Waals surface area contributed by atoms with E-state index in [0.717, 1.165) is 17.4 Å². The Kier molecular flexibility index (Phi) is 3.57. The van der Waals surface area contributed by atoms with Gasteiger partial charge in [-0.05, 0) is 69.5 Å². The van der Waals surface area contributed by atoms with Crippen LogP contribution in [0.15, 0.2) is 18.2 Å². The van der Waals surface area contributed by atoms with Gasteiger partial charge in [0.25, 0.3) is 0 Å². The van der Waals surface area contributed by atoms with Crippen LogP contribution in [-0.2, 0) is 0 Å². The van der Waals surface area contributed by atoms with Crippen LogP contribution in [0.25, 0.3) is 0 Å². The van der Waals surface area contributed by atoms with Crippen molar-refractivity contribution in [1.82, 2.24) is 4.90 Å². The Hall–Kier alpha value is -1.22. The topological polar surface area (TPSA) is 55.3 Å². The van der Waals surface area contributed by atoms with Crippen molar-refractivity contribution in [3.8, 4) is 0 Å². The van der Waals surface area contributed by atoms with Gasteiger partial charge in [-0.25, -0.2) is 0 Å². The van der Waals surface area contributed by atoms with Crippen LogP contribution in [0.3, 0.4) is 0 Å². The quantitative estimate of drug-likeness (QED) is 0.771. The molecular formula is C14H23N3. The minimum absolute atomic E-state index is 0.592. The highest BCUT2D eigenvalue weighted by Gasteiger charge is 2.24. The van der Waals surface area contributed by atoms with Crippen molar-refractivity contribution < 1.29 is 0 Å². The molecule has 1 aliphatic rings. The fraction of sp³-hybridized carbons (Fsp3) is 0.571. The maximum Gasteiger partial charge on any atom is 0.0350 e. The highest BCUT2D eigenvalue weighted by Crippen LogP contribution is 2.37. The molecule has 94 valence electrons. The van der Waals surface area contributed by atoms with Gasteiger partial charge in [0.05, 0.1) is 0 Å². The third kappa shape index (κ3) is 2.72. The molecule has 0 atom stereocenters. The summed E-state index contributed by atoms with van der Waals surface area (Å²) in [6.07, 6.45) is 4.95. The molecule has 1 fully saturated rings. The fourth-order valence-electron chi connectivity index (χ4n) is 2.85. The molecule has 1 aliphatic carbocycles. The molecule has 0 amide bonds. The molecule has 2 rings (SSSR count). The average molecular weight is 233 g/mol. The number of rotatable bonds is 2. The minimum atomic E-state index is 0.592.